The molecule has 8 heteroatoms. The lowest BCUT2D eigenvalue weighted by atomic mass is 10.0. The Bertz CT molecular complexity index is 1190. The molecule has 2 N–H and O–H groups in total. The van der Waals surface area contributed by atoms with Crippen molar-refractivity contribution in [1.29, 1.82) is 0 Å². The largest absolute Gasteiger partial charge is 0.508 e. The molecule has 2 heterocycles. The van der Waals surface area contributed by atoms with Gasteiger partial charge in [-0.05, 0) is 55.3 Å². The van der Waals surface area contributed by atoms with Crippen LogP contribution in [0.4, 0.5) is 11.4 Å². The van der Waals surface area contributed by atoms with E-state index in [1.807, 2.05) is 0 Å². The van der Waals surface area contributed by atoms with Gasteiger partial charge in [-0.25, -0.2) is 13.2 Å². The van der Waals surface area contributed by atoms with Gasteiger partial charge in [-0.15, -0.1) is 0 Å². The molecule has 0 radical (unpaired) electrons. The number of hydrogen-bond acceptors (Lipinski definition) is 7. The number of nitrogens with one attached hydrogen (secondary N) is 1. The van der Waals surface area contributed by atoms with Crippen LogP contribution in [-0.4, -0.2) is 36.8 Å². The molecule has 0 saturated heterocycles. The Balaban J connectivity index is 1.99. The number of carbonyl (C=O) groups excluding carboxylic acids is 1. The summed E-state index contributed by atoms with van der Waals surface area (Å²) in [5.41, 5.74) is 2.54. The average molecular weight is 398 g/mol. The van der Waals surface area contributed by atoms with Crippen LogP contribution in [0.25, 0.3) is 10.9 Å². The zero-order valence-electron chi connectivity index (χ0n) is 15.1. The Hall–Kier alpha value is -3.13. The molecule has 144 valence electrons. The van der Waals surface area contributed by atoms with E-state index >= 15 is 0 Å². The van der Waals surface area contributed by atoms with Crippen LogP contribution in [0.3, 0.4) is 0 Å². The molecule has 0 unspecified atom stereocenters. The summed E-state index contributed by atoms with van der Waals surface area (Å²) in [6.45, 7) is 1.92. The Kier molecular flexibility index (Phi) is 4.43. The number of esters is 1. The molecule has 7 nitrogen and oxygen atoms in total. The molecular weight excluding hydrogens is 380 g/mol. The highest BCUT2D eigenvalue weighted by Gasteiger charge is 2.30. The van der Waals surface area contributed by atoms with Crippen molar-refractivity contribution < 1.29 is 23.1 Å². The monoisotopic (exact) mass is 398 g/mol. The second kappa shape index (κ2) is 6.79. The molecule has 1 aliphatic rings. The predicted octanol–water partition coefficient (Wildman–Crippen LogP) is 3.19. The number of hydrogen-bond donors (Lipinski definition) is 2. The minimum Gasteiger partial charge on any atom is -0.508 e. The third-order valence-electron chi connectivity index (χ3n) is 4.69. The van der Waals surface area contributed by atoms with Crippen LogP contribution >= 0.6 is 0 Å². The number of pyridine rings is 1. The van der Waals surface area contributed by atoms with Crippen molar-refractivity contribution in [2.45, 2.75) is 18.2 Å². The summed E-state index contributed by atoms with van der Waals surface area (Å²) in [6.07, 6.45) is 1.78. The number of ether oxygens (including phenoxy) is 1. The third-order valence-corrected chi connectivity index (χ3v) is 6.48. The highest BCUT2D eigenvalue weighted by Crippen LogP contribution is 2.38. The molecule has 4 rings (SSSR count). The summed E-state index contributed by atoms with van der Waals surface area (Å²) in [6, 6.07) is 9.58. The van der Waals surface area contributed by atoms with E-state index < -0.39 is 15.8 Å². The van der Waals surface area contributed by atoms with Crippen molar-refractivity contribution in [2.75, 3.05) is 17.7 Å². The van der Waals surface area contributed by atoms with Gasteiger partial charge < -0.3 is 15.2 Å². The van der Waals surface area contributed by atoms with Crippen molar-refractivity contribution >= 4 is 38.1 Å². The Morgan fingerprint density at radius 2 is 1.96 bits per heavy atom. The van der Waals surface area contributed by atoms with Crippen molar-refractivity contribution in [3.05, 3.63) is 53.7 Å². The molecule has 0 fully saturated rings. The minimum absolute atomic E-state index is 0.0315. The molecule has 0 aliphatic carbocycles. The van der Waals surface area contributed by atoms with Crippen molar-refractivity contribution in [3.8, 4) is 5.75 Å². The molecule has 3 aromatic rings. The van der Waals surface area contributed by atoms with Gasteiger partial charge in [-0.3, -0.25) is 4.98 Å². The second-order valence-electron chi connectivity index (χ2n) is 6.44. The van der Waals surface area contributed by atoms with E-state index in [4.69, 9.17) is 4.74 Å². The number of carbonyl (C=O) groups is 1. The van der Waals surface area contributed by atoms with Crippen LogP contribution in [0, 0.1) is 0 Å². The maximum atomic E-state index is 12.5. The number of fused-ring (bicyclic) bond motifs is 3. The number of rotatable bonds is 4. The van der Waals surface area contributed by atoms with Crippen LogP contribution in [0.2, 0.25) is 0 Å². The van der Waals surface area contributed by atoms with Gasteiger partial charge >= 0.3 is 5.97 Å². The van der Waals surface area contributed by atoms with Crippen molar-refractivity contribution in [3.63, 3.8) is 0 Å². The maximum absolute atomic E-state index is 12.5. The van der Waals surface area contributed by atoms with Gasteiger partial charge in [0.15, 0.2) is 9.84 Å². The molecule has 28 heavy (non-hydrogen) atoms. The van der Waals surface area contributed by atoms with E-state index in [0.717, 1.165) is 0 Å². The highest BCUT2D eigenvalue weighted by atomic mass is 32.2. The number of phenols is 1. The van der Waals surface area contributed by atoms with Gasteiger partial charge in [-0.1, -0.05) is 0 Å². The molecule has 2 aromatic carbocycles. The van der Waals surface area contributed by atoms with Crippen LogP contribution in [0.5, 0.6) is 5.75 Å². The smallest absolute Gasteiger partial charge is 0.341 e. The number of anilines is 2. The number of sulfone groups is 1. The van der Waals surface area contributed by atoms with E-state index in [2.05, 4.69) is 10.3 Å². The molecule has 0 bridgehead atoms. The van der Waals surface area contributed by atoms with Gasteiger partial charge in [0.1, 0.15) is 11.3 Å². The standard InChI is InChI=1S/C20H18N2O5S/c1-2-27-20(24)15-11-21-16-7-8-17-14(9-10-28(17,25)26)18(16)19(15)22-12-3-5-13(23)6-4-12/h3-8,11,23H,2,9-10H2,1H3,(H,21,22). The summed E-state index contributed by atoms with van der Waals surface area (Å²) < 4.78 is 29.9. The lowest BCUT2D eigenvalue weighted by Gasteiger charge is -2.16. The number of benzene rings is 2. The van der Waals surface area contributed by atoms with Crippen LogP contribution in [0.15, 0.2) is 47.5 Å². The van der Waals surface area contributed by atoms with Crippen molar-refractivity contribution in [1.82, 2.24) is 4.98 Å². The van der Waals surface area contributed by atoms with E-state index in [0.29, 0.717) is 34.3 Å². The zero-order valence-corrected chi connectivity index (χ0v) is 15.9. The predicted molar refractivity (Wildman–Crippen MR) is 105 cm³/mol. The number of nitrogens with zero attached hydrogens (tertiary/aromatic N) is 1. The fraction of sp³-hybridized carbons (Fsp3) is 0.200. The summed E-state index contributed by atoms with van der Waals surface area (Å²) in [5, 5.41) is 13.3. The molecule has 0 saturated carbocycles. The number of aromatic hydroxyl groups is 1. The normalized spacial score (nSPS) is 14.6. The topological polar surface area (TPSA) is 106 Å². The molecule has 0 spiro atoms. The van der Waals surface area contributed by atoms with E-state index in [1.165, 1.54) is 18.3 Å². The second-order valence-corrected chi connectivity index (χ2v) is 8.52. The number of aromatic nitrogens is 1. The van der Waals surface area contributed by atoms with Crippen LogP contribution < -0.4 is 5.32 Å². The summed E-state index contributed by atoms with van der Waals surface area (Å²) in [5.74, 6) is -0.400. The molecule has 1 aromatic heterocycles. The van der Waals surface area contributed by atoms with Gasteiger partial charge in [0.25, 0.3) is 0 Å². The Morgan fingerprint density at radius 3 is 2.68 bits per heavy atom. The fourth-order valence-corrected chi connectivity index (χ4v) is 4.95. The molecular formula is C20H18N2O5S. The lowest BCUT2D eigenvalue weighted by molar-refractivity contribution is 0.0527. The maximum Gasteiger partial charge on any atom is 0.341 e. The summed E-state index contributed by atoms with van der Waals surface area (Å²) >= 11 is 0. The van der Waals surface area contributed by atoms with Gasteiger partial charge in [0.05, 0.1) is 28.5 Å². The SMILES string of the molecule is CCOC(=O)c1cnc2ccc3c(c2c1Nc1ccc(O)cc1)CCS3(=O)=O. The first kappa shape index (κ1) is 18.2. The molecule has 1 aliphatic heterocycles. The first-order chi connectivity index (χ1) is 13.4. The molecule has 0 atom stereocenters. The van der Waals surface area contributed by atoms with E-state index in [9.17, 15) is 18.3 Å². The summed E-state index contributed by atoms with van der Waals surface area (Å²) in [7, 11) is -3.34. The first-order valence-electron chi connectivity index (χ1n) is 8.81. The number of aryl methyl sites for hydroxylation is 1. The lowest BCUT2D eigenvalue weighted by Crippen LogP contribution is -2.10. The minimum atomic E-state index is -3.34. The number of phenolic OH excluding ortho intramolecular Hbond substituents is 1. The van der Waals surface area contributed by atoms with Gasteiger partial charge in [0.2, 0.25) is 0 Å². The van der Waals surface area contributed by atoms with Crippen LogP contribution in [-0.2, 0) is 21.0 Å². The molecule has 0 amide bonds. The third kappa shape index (κ3) is 3.05. The van der Waals surface area contributed by atoms with Crippen molar-refractivity contribution in [2.24, 2.45) is 0 Å². The Morgan fingerprint density at radius 1 is 1.21 bits per heavy atom. The highest BCUT2D eigenvalue weighted by molar-refractivity contribution is 7.91. The first-order valence-corrected chi connectivity index (χ1v) is 10.5. The van der Waals surface area contributed by atoms with E-state index in [1.54, 1.807) is 31.2 Å². The zero-order chi connectivity index (χ0) is 19.9. The fourth-order valence-electron chi connectivity index (χ4n) is 3.40. The van der Waals surface area contributed by atoms with E-state index in [-0.39, 0.29) is 28.6 Å². The van der Waals surface area contributed by atoms with Gasteiger partial charge in [0, 0.05) is 17.3 Å². The Labute approximate surface area is 161 Å². The quantitative estimate of drug-likeness (QED) is 0.513. The average Bonchev–Trinajstić information content (AvgIpc) is 2.98. The van der Waals surface area contributed by atoms with Gasteiger partial charge in [-0.2, -0.15) is 0 Å². The van der Waals surface area contributed by atoms with Crippen LogP contribution in [0.1, 0.15) is 22.8 Å². The summed E-state index contributed by atoms with van der Waals surface area (Å²) in [4.78, 5) is 17.1.